The molecule has 2 aromatic heterocycles. The monoisotopic (exact) mass is 174 g/mol. The maximum Gasteiger partial charge on any atom is 0.195 e. The zero-order chi connectivity index (χ0) is 9.42. The smallest absolute Gasteiger partial charge is 0.195 e. The zero-order valence-electron chi connectivity index (χ0n) is 7.61. The predicted molar refractivity (Wildman–Crippen MR) is 49.9 cm³/mol. The molecule has 2 rings (SSSR count). The van der Waals surface area contributed by atoms with Crippen molar-refractivity contribution in [1.29, 1.82) is 0 Å². The molecule has 0 spiro atoms. The first kappa shape index (κ1) is 7.98. The van der Waals surface area contributed by atoms with Crippen LogP contribution in [0.15, 0.2) is 24.5 Å². The van der Waals surface area contributed by atoms with Gasteiger partial charge in [-0.1, -0.05) is 0 Å². The summed E-state index contributed by atoms with van der Waals surface area (Å²) in [4.78, 5) is 15.2. The van der Waals surface area contributed by atoms with E-state index in [1.54, 1.807) is 10.6 Å². The number of hydrogen-bond donors (Lipinski definition) is 0. The molecule has 3 nitrogen and oxygen atoms in total. The molecule has 3 heteroatoms. The first-order chi connectivity index (χ1) is 6.18. The van der Waals surface area contributed by atoms with Crippen LogP contribution in [0.1, 0.15) is 23.1 Å². The third kappa shape index (κ3) is 1.22. The molecule has 66 valence electrons. The van der Waals surface area contributed by atoms with Crippen LogP contribution in [-0.4, -0.2) is 15.2 Å². The van der Waals surface area contributed by atoms with Gasteiger partial charge in [0.2, 0.25) is 0 Å². The number of nitrogens with zero attached hydrogens (tertiary/aromatic N) is 2. The Hall–Kier alpha value is -1.64. The molecular weight excluding hydrogens is 164 g/mol. The summed E-state index contributed by atoms with van der Waals surface area (Å²) in [5.41, 5.74) is 2.13. The fraction of sp³-hybridized carbons (Fsp3) is 0.200. The van der Waals surface area contributed by atoms with Gasteiger partial charge in [0.1, 0.15) is 0 Å². The van der Waals surface area contributed by atoms with Gasteiger partial charge in [0, 0.05) is 13.1 Å². The van der Waals surface area contributed by atoms with E-state index in [9.17, 15) is 4.79 Å². The minimum atomic E-state index is -0.0103. The van der Waals surface area contributed by atoms with Gasteiger partial charge < -0.3 is 0 Å². The molecule has 13 heavy (non-hydrogen) atoms. The van der Waals surface area contributed by atoms with Crippen LogP contribution in [0.3, 0.4) is 0 Å². The highest BCUT2D eigenvalue weighted by Gasteiger charge is 2.06. The summed E-state index contributed by atoms with van der Waals surface area (Å²) >= 11 is 0. The molecule has 0 bridgehead atoms. The molecule has 0 amide bonds. The van der Waals surface area contributed by atoms with Gasteiger partial charge in [-0.25, -0.2) is 4.98 Å². The number of fused-ring (bicyclic) bond motifs is 1. The van der Waals surface area contributed by atoms with Crippen molar-refractivity contribution < 1.29 is 4.79 Å². The molecule has 0 fully saturated rings. The second kappa shape index (κ2) is 2.69. The quantitative estimate of drug-likeness (QED) is 0.618. The highest BCUT2D eigenvalue weighted by molar-refractivity contribution is 5.91. The van der Waals surface area contributed by atoms with Crippen molar-refractivity contribution in [2.24, 2.45) is 0 Å². The number of carbonyl (C=O) groups is 1. The van der Waals surface area contributed by atoms with E-state index in [0.29, 0.717) is 5.82 Å². The zero-order valence-corrected chi connectivity index (χ0v) is 7.61. The van der Waals surface area contributed by atoms with E-state index in [4.69, 9.17) is 0 Å². The summed E-state index contributed by atoms with van der Waals surface area (Å²) in [6.45, 7) is 3.54. The van der Waals surface area contributed by atoms with Crippen molar-refractivity contribution in [3.05, 3.63) is 35.9 Å². The second-order valence-corrected chi connectivity index (χ2v) is 3.14. The lowest BCUT2D eigenvalue weighted by Crippen LogP contribution is -1.99. The highest BCUT2D eigenvalue weighted by Crippen LogP contribution is 2.09. The standard InChI is InChI=1S/C10H10N2O/c1-7-3-4-12-9(5-7)6-11-10(12)8(2)13/h3-6H,1-2H3. The first-order valence-electron chi connectivity index (χ1n) is 4.13. The Morgan fingerprint density at radius 2 is 2.31 bits per heavy atom. The number of ketones is 1. The van der Waals surface area contributed by atoms with Gasteiger partial charge in [0.05, 0.1) is 11.7 Å². The van der Waals surface area contributed by atoms with E-state index in [0.717, 1.165) is 5.52 Å². The highest BCUT2D eigenvalue weighted by atomic mass is 16.1. The van der Waals surface area contributed by atoms with Crippen molar-refractivity contribution >= 4 is 11.3 Å². The van der Waals surface area contributed by atoms with Crippen LogP contribution in [0, 0.1) is 6.92 Å². The molecule has 0 aliphatic heterocycles. The van der Waals surface area contributed by atoms with E-state index in [1.165, 1.54) is 12.5 Å². The Morgan fingerprint density at radius 3 is 3.00 bits per heavy atom. The van der Waals surface area contributed by atoms with Crippen molar-refractivity contribution in [3.63, 3.8) is 0 Å². The molecule has 0 aliphatic rings. The SMILES string of the molecule is CC(=O)c1ncc2cc(C)ccn12. The van der Waals surface area contributed by atoms with Crippen LogP contribution in [0.5, 0.6) is 0 Å². The van der Waals surface area contributed by atoms with Gasteiger partial charge in [0.25, 0.3) is 0 Å². The average Bonchev–Trinajstić information content (AvgIpc) is 2.46. The van der Waals surface area contributed by atoms with E-state index >= 15 is 0 Å². The lowest BCUT2D eigenvalue weighted by atomic mass is 10.3. The van der Waals surface area contributed by atoms with Crippen LogP contribution in [0.4, 0.5) is 0 Å². The molecule has 0 aliphatic carbocycles. The van der Waals surface area contributed by atoms with Gasteiger partial charge in [0.15, 0.2) is 11.6 Å². The molecule has 0 aromatic carbocycles. The predicted octanol–water partition coefficient (Wildman–Crippen LogP) is 1.85. The third-order valence-corrected chi connectivity index (χ3v) is 2.00. The van der Waals surface area contributed by atoms with Gasteiger partial charge in [-0.05, 0) is 24.6 Å². The number of Topliss-reactive ketones (excluding diaryl/α,β-unsaturated/α-hetero) is 1. The first-order valence-corrected chi connectivity index (χ1v) is 4.13. The molecule has 2 aromatic rings. The van der Waals surface area contributed by atoms with Gasteiger partial charge in [-0.3, -0.25) is 9.20 Å². The number of carbonyl (C=O) groups excluding carboxylic acids is 1. The van der Waals surface area contributed by atoms with Gasteiger partial charge in [-0.2, -0.15) is 0 Å². The Labute approximate surface area is 76.0 Å². The van der Waals surface area contributed by atoms with Crippen LogP contribution < -0.4 is 0 Å². The summed E-state index contributed by atoms with van der Waals surface area (Å²) < 4.78 is 1.80. The number of aromatic nitrogens is 2. The maximum absolute atomic E-state index is 11.1. The number of imidazole rings is 1. The minimum Gasteiger partial charge on any atom is -0.297 e. The maximum atomic E-state index is 11.1. The van der Waals surface area contributed by atoms with Gasteiger partial charge in [-0.15, -0.1) is 0 Å². The van der Waals surface area contributed by atoms with Crippen molar-refractivity contribution in [2.45, 2.75) is 13.8 Å². The molecule has 0 saturated heterocycles. The summed E-state index contributed by atoms with van der Waals surface area (Å²) in [6, 6.07) is 3.96. The number of aryl methyl sites for hydroxylation is 1. The van der Waals surface area contributed by atoms with Crippen molar-refractivity contribution in [3.8, 4) is 0 Å². The summed E-state index contributed by atoms with van der Waals surface area (Å²) in [6.07, 6.45) is 3.58. The second-order valence-electron chi connectivity index (χ2n) is 3.14. The molecule has 0 radical (unpaired) electrons. The molecular formula is C10H10N2O. The largest absolute Gasteiger partial charge is 0.297 e. The van der Waals surface area contributed by atoms with Crippen molar-refractivity contribution in [2.75, 3.05) is 0 Å². The average molecular weight is 174 g/mol. The lowest BCUT2D eigenvalue weighted by molar-refractivity contribution is 0.100. The van der Waals surface area contributed by atoms with Crippen LogP contribution in [-0.2, 0) is 0 Å². The Bertz CT molecular complexity index is 471. The van der Waals surface area contributed by atoms with E-state index in [2.05, 4.69) is 4.98 Å². The number of hydrogen-bond acceptors (Lipinski definition) is 2. The molecule has 0 unspecified atom stereocenters. The minimum absolute atomic E-state index is 0.0103. The third-order valence-electron chi connectivity index (χ3n) is 2.00. The normalized spacial score (nSPS) is 10.6. The van der Waals surface area contributed by atoms with Crippen LogP contribution in [0.25, 0.3) is 5.52 Å². The summed E-state index contributed by atoms with van der Waals surface area (Å²) in [5.74, 6) is 0.485. The fourth-order valence-corrected chi connectivity index (χ4v) is 1.37. The molecule has 0 saturated carbocycles. The van der Waals surface area contributed by atoms with Crippen molar-refractivity contribution in [1.82, 2.24) is 9.38 Å². The Kier molecular flexibility index (Phi) is 1.65. The number of pyridine rings is 1. The van der Waals surface area contributed by atoms with E-state index in [-0.39, 0.29) is 5.78 Å². The summed E-state index contributed by atoms with van der Waals surface area (Å²) in [7, 11) is 0. The lowest BCUT2D eigenvalue weighted by Gasteiger charge is -1.97. The van der Waals surface area contributed by atoms with E-state index in [1.807, 2.05) is 25.3 Å². The molecule has 0 N–H and O–H groups in total. The Morgan fingerprint density at radius 1 is 1.54 bits per heavy atom. The topological polar surface area (TPSA) is 34.4 Å². The van der Waals surface area contributed by atoms with Gasteiger partial charge >= 0.3 is 0 Å². The Balaban J connectivity index is 2.76. The molecule has 2 heterocycles. The fourth-order valence-electron chi connectivity index (χ4n) is 1.37. The summed E-state index contributed by atoms with van der Waals surface area (Å²) in [5, 5.41) is 0. The van der Waals surface area contributed by atoms with Crippen LogP contribution in [0.2, 0.25) is 0 Å². The number of rotatable bonds is 1. The van der Waals surface area contributed by atoms with Crippen LogP contribution >= 0.6 is 0 Å². The van der Waals surface area contributed by atoms with E-state index < -0.39 is 0 Å². The molecule has 0 atom stereocenters.